The summed E-state index contributed by atoms with van der Waals surface area (Å²) in [6, 6.07) is 8.96. The number of para-hydroxylation sites is 1. The van der Waals surface area contributed by atoms with E-state index in [0.717, 1.165) is 17.2 Å². The summed E-state index contributed by atoms with van der Waals surface area (Å²) in [5.74, 6) is 0.681. The second-order valence-corrected chi connectivity index (χ2v) is 7.16. The molecule has 2 amide bonds. The highest BCUT2D eigenvalue weighted by Gasteiger charge is 2.13. The van der Waals surface area contributed by atoms with Crippen LogP contribution in [0.3, 0.4) is 0 Å². The number of sulfonamides is 1. The van der Waals surface area contributed by atoms with Gasteiger partial charge in [-0.2, -0.15) is 0 Å². The summed E-state index contributed by atoms with van der Waals surface area (Å²) in [7, 11) is -3.18. The molecule has 1 atom stereocenters. The first-order chi connectivity index (χ1) is 10.8. The molecule has 0 saturated carbocycles. The van der Waals surface area contributed by atoms with Gasteiger partial charge in [0.05, 0.1) is 12.3 Å². The van der Waals surface area contributed by atoms with Crippen LogP contribution in [-0.2, 0) is 10.0 Å². The molecule has 0 radical (unpaired) electrons. The van der Waals surface area contributed by atoms with Gasteiger partial charge in [-0.1, -0.05) is 18.2 Å². The molecule has 0 aliphatic heterocycles. The monoisotopic (exact) mass is 339 g/mol. The Labute approximate surface area is 135 Å². The standard InChI is InChI=1S/C15H21N3O4S/c1-11(14-10-12-6-3-4-7-13(12)22-14)18-15(19)16-8-5-9-17-23(2,20)21/h3-4,6-7,10-11,17H,5,8-9H2,1-2H3,(H2,16,18,19). The molecule has 23 heavy (non-hydrogen) atoms. The molecule has 7 nitrogen and oxygen atoms in total. The zero-order valence-electron chi connectivity index (χ0n) is 13.1. The molecule has 0 spiro atoms. The van der Waals surface area contributed by atoms with Crippen LogP contribution in [0.5, 0.6) is 0 Å². The van der Waals surface area contributed by atoms with Crippen LogP contribution in [0.15, 0.2) is 34.7 Å². The maximum Gasteiger partial charge on any atom is 0.315 e. The van der Waals surface area contributed by atoms with Crippen LogP contribution in [0.4, 0.5) is 4.79 Å². The highest BCUT2D eigenvalue weighted by molar-refractivity contribution is 7.88. The third kappa shape index (κ3) is 5.57. The van der Waals surface area contributed by atoms with E-state index in [1.807, 2.05) is 37.3 Å². The molecule has 0 bridgehead atoms. The Morgan fingerprint density at radius 3 is 2.70 bits per heavy atom. The number of carbonyl (C=O) groups is 1. The number of fused-ring (bicyclic) bond motifs is 1. The topological polar surface area (TPSA) is 100 Å². The molecule has 126 valence electrons. The Hall–Kier alpha value is -2.06. The number of urea groups is 1. The predicted octanol–water partition coefficient (Wildman–Crippen LogP) is 1.73. The highest BCUT2D eigenvalue weighted by atomic mass is 32.2. The van der Waals surface area contributed by atoms with Crippen molar-refractivity contribution in [3.63, 3.8) is 0 Å². The highest BCUT2D eigenvalue weighted by Crippen LogP contribution is 2.23. The van der Waals surface area contributed by atoms with Crippen molar-refractivity contribution in [3.05, 3.63) is 36.1 Å². The average molecular weight is 339 g/mol. The number of rotatable bonds is 7. The molecular formula is C15H21N3O4S. The quantitative estimate of drug-likeness (QED) is 0.669. The van der Waals surface area contributed by atoms with Gasteiger partial charge in [0.1, 0.15) is 11.3 Å². The van der Waals surface area contributed by atoms with Gasteiger partial charge in [0, 0.05) is 18.5 Å². The van der Waals surface area contributed by atoms with Gasteiger partial charge < -0.3 is 15.1 Å². The fourth-order valence-corrected chi connectivity index (χ4v) is 2.60. The number of benzene rings is 1. The van der Waals surface area contributed by atoms with Crippen molar-refractivity contribution in [1.82, 2.24) is 15.4 Å². The predicted molar refractivity (Wildman–Crippen MR) is 88.6 cm³/mol. The van der Waals surface area contributed by atoms with E-state index in [0.29, 0.717) is 18.7 Å². The van der Waals surface area contributed by atoms with Gasteiger partial charge in [-0.25, -0.2) is 17.9 Å². The maximum atomic E-state index is 11.8. The summed E-state index contributed by atoms with van der Waals surface area (Å²) >= 11 is 0. The Morgan fingerprint density at radius 2 is 2.00 bits per heavy atom. The van der Waals surface area contributed by atoms with E-state index < -0.39 is 10.0 Å². The van der Waals surface area contributed by atoms with Crippen molar-refractivity contribution in [2.45, 2.75) is 19.4 Å². The summed E-state index contributed by atoms with van der Waals surface area (Å²) in [6.07, 6.45) is 1.61. The van der Waals surface area contributed by atoms with Crippen LogP contribution in [0, 0.1) is 0 Å². The SMILES string of the molecule is CC(NC(=O)NCCCNS(C)(=O)=O)c1cc2ccccc2o1. The first kappa shape index (κ1) is 17.3. The molecule has 0 saturated heterocycles. The number of carbonyl (C=O) groups excluding carboxylic acids is 1. The summed E-state index contributed by atoms with van der Waals surface area (Å²) in [6.45, 7) is 2.50. The molecule has 1 heterocycles. The minimum Gasteiger partial charge on any atom is -0.459 e. The van der Waals surface area contributed by atoms with Gasteiger partial charge in [0.15, 0.2) is 0 Å². The molecule has 8 heteroatoms. The minimum absolute atomic E-state index is 0.267. The van der Waals surface area contributed by atoms with Crippen LogP contribution in [0.25, 0.3) is 11.0 Å². The Kier molecular flexibility index (Phi) is 5.62. The number of hydrogen-bond donors (Lipinski definition) is 3. The maximum absolute atomic E-state index is 11.8. The molecule has 1 aromatic heterocycles. The molecule has 1 unspecified atom stereocenters. The number of hydrogen-bond acceptors (Lipinski definition) is 4. The lowest BCUT2D eigenvalue weighted by molar-refractivity contribution is 0.236. The summed E-state index contributed by atoms with van der Waals surface area (Å²) in [4.78, 5) is 11.8. The molecule has 0 aliphatic carbocycles. The summed E-state index contributed by atoms with van der Waals surface area (Å²) in [5, 5.41) is 6.45. The van der Waals surface area contributed by atoms with Gasteiger partial charge >= 0.3 is 6.03 Å². The molecule has 3 N–H and O–H groups in total. The second-order valence-electron chi connectivity index (χ2n) is 5.33. The van der Waals surface area contributed by atoms with Crippen molar-refractivity contribution in [2.24, 2.45) is 0 Å². The van der Waals surface area contributed by atoms with Crippen molar-refractivity contribution < 1.29 is 17.6 Å². The van der Waals surface area contributed by atoms with Gasteiger partial charge in [-0.3, -0.25) is 0 Å². The van der Waals surface area contributed by atoms with Gasteiger partial charge in [-0.05, 0) is 25.5 Å². The molecular weight excluding hydrogens is 318 g/mol. The van der Waals surface area contributed by atoms with Crippen LogP contribution >= 0.6 is 0 Å². The van der Waals surface area contributed by atoms with Gasteiger partial charge in [0.2, 0.25) is 10.0 Å². The van der Waals surface area contributed by atoms with E-state index >= 15 is 0 Å². The number of furan rings is 1. The van der Waals surface area contributed by atoms with Crippen LogP contribution in [0.2, 0.25) is 0 Å². The lowest BCUT2D eigenvalue weighted by atomic mass is 10.2. The molecule has 0 aliphatic rings. The fourth-order valence-electron chi connectivity index (χ4n) is 2.08. The van der Waals surface area contributed by atoms with Crippen LogP contribution in [0.1, 0.15) is 25.1 Å². The van der Waals surface area contributed by atoms with Crippen molar-refractivity contribution in [3.8, 4) is 0 Å². The van der Waals surface area contributed by atoms with Crippen molar-refractivity contribution in [2.75, 3.05) is 19.3 Å². The van der Waals surface area contributed by atoms with E-state index in [1.165, 1.54) is 0 Å². The molecule has 1 aromatic carbocycles. The zero-order valence-corrected chi connectivity index (χ0v) is 13.9. The largest absolute Gasteiger partial charge is 0.459 e. The summed E-state index contributed by atoms with van der Waals surface area (Å²) in [5.41, 5.74) is 0.781. The lowest BCUT2D eigenvalue weighted by Gasteiger charge is -2.12. The fraction of sp³-hybridized carbons (Fsp3) is 0.400. The first-order valence-corrected chi connectivity index (χ1v) is 9.22. The lowest BCUT2D eigenvalue weighted by Crippen LogP contribution is -2.38. The second kappa shape index (κ2) is 7.47. The minimum atomic E-state index is -3.18. The molecule has 2 rings (SSSR count). The van der Waals surface area contributed by atoms with E-state index in [-0.39, 0.29) is 18.6 Å². The van der Waals surface area contributed by atoms with Crippen LogP contribution in [-0.4, -0.2) is 33.8 Å². The van der Waals surface area contributed by atoms with E-state index in [1.54, 1.807) is 0 Å². The normalized spacial score (nSPS) is 13.0. The zero-order chi connectivity index (χ0) is 16.9. The Balaban J connectivity index is 1.76. The van der Waals surface area contributed by atoms with Crippen molar-refractivity contribution >= 4 is 27.0 Å². The van der Waals surface area contributed by atoms with E-state index in [4.69, 9.17) is 4.42 Å². The Morgan fingerprint density at radius 1 is 1.26 bits per heavy atom. The van der Waals surface area contributed by atoms with E-state index in [2.05, 4.69) is 15.4 Å². The van der Waals surface area contributed by atoms with E-state index in [9.17, 15) is 13.2 Å². The number of nitrogens with one attached hydrogen (secondary N) is 3. The smallest absolute Gasteiger partial charge is 0.315 e. The van der Waals surface area contributed by atoms with Gasteiger partial charge in [0.25, 0.3) is 0 Å². The van der Waals surface area contributed by atoms with Crippen LogP contribution < -0.4 is 15.4 Å². The van der Waals surface area contributed by atoms with Crippen molar-refractivity contribution in [1.29, 1.82) is 0 Å². The first-order valence-electron chi connectivity index (χ1n) is 7.32. The molecule has 2 aromatic rings. The molecule has 0 fully saturated rings. The average Bonchev–Trinajstić information content (AvgIpc) is 2.89. The van der Waals surface area contributed by atoms with Gasteiger partial charge in [-0.15, -0.1) is 0 Å². The Bertz CT molecular complexity index is 737. The number of amides is 2. The summed E-state index contributed by atoms with van der Waals surface area (Å²) < 4.78 is 29.8. The third-order valence-corrected chi connectivity index (χ3v) is 3.95. The third-order valence-electron chi connectivity index (χ3n) is 3.22.